The molecule has 3 heterocycles. The normalized spacial score (nSPS) is 13.7. The summed E-state index contributed by atoms with van der Waals surface area (Å²) in [7, 11) is 2.13. The summed E-state index contributed by atoms with van der Waals surface area (Å²) in [6, 6.07) is 14.7. The lowest BCUT2D eigenvalue weighted by atomic mass is 10.1. The smallest absolute Gasteiger partial charge is 0.300 e. The zero-order valence-electron chi connectivity index (χ0n) is 23.6. The van der Waals surface area contributed by atoms with Crippen molar-refractivity contribution in [1.29, 1.82) is 0 Å². The Balaban J connectivity index is 1.34. The Kier molecular flexibility index (Phi) is 9.66. The number of ether oxygens (including phenoxy) is 2. The van der Waals surface area contributed by atoms with Gasteiger partial charge in [-0.15, -0.1) is 0 Å². The molecule has 42 heavy (non-hydrogen) atoms. The summed E-state index contributed by atoms with van der Waals surface area (Å²) in [6.07, 6.45) is 3.20. The van der Waals surface area contributed by atoms with E-state index in [2.05, 4.69) is 54.3 Å². The molecule has 5 rings (SSSR count). The van der Waals surface area contributed by atoms with E-state index in [1.165, 1.54) is 6.33 Å². The van der Waals surface area contributed by atoms with Crippen LogP contribution in [-0.2, 0) is 11.4 Å². The summed E-state index contributed by atoms with van der Waals surface area (Å²) in [5.74, 6) is 6.32. The summed E-state index contributed by atoms with van der Waals surface area (Å²) < 4.78 is 12.0. The van der Waals surface area contributed by atoms with E-state index in [-0.39, 0.29) is 0 Å². The SMILES string of the molecule is CC#CC(=O)Nc1cc2c(Nc3ccc(OCc4ccccn4)c(Cl)c3)ncnc2cc1OCCN1CCN(C)CC1. The number of benzene rings is 2. The van der Waals surface area contributed by atoms with Gasteiger partial charge in [0.25, 0.3) is 5.91 Å². The molecule has 4 aromatic rings. The second-order valence-corrected chi connectivity index (χ2v) is 10.2. The van der Waals surface area contributed by atoms with Crippen LogP contribution in [0.3, 0.4) is 0 Å². The van der Waals surface area contributed by atoms with Gasteiger partial charge in [-0.3, -0.25) is 14.7 Å². The number of aromatic nitrogens is 3. The number of pyridine rings is 1. The lowest BCUT2D eigenvalue weighted by Crippen LogP contribution is -2.45. The van der Waals surface area contributed by atoms with Gasteiger partial charge in [0.15, 0.2) is 0 Å². The van der Waals surface area contributed by atoms with E-state index in [1.54, 1.807) is 31.3 Å². The fraction of sp³-hybridized carbons (Fsp3) is 0.290. The Morgan fingerprint density at radius 1 is 1.02 bits per heavy atom. The Hall–Kier alpha value is -4.43. The molecule has 0 bridgehead atoms. The summed E-state index contributed by atoms with van der Waals surface area (Å²) in [4.78, 5) is 30.3. The molecule has 2 N–H and O–H groups in total. The van der Waals surface area contributed by atoms with Crippen molar-refractivity contribution in [3.05, 3.63) is 71.8 Å². The number of nitrogens with zero attached hydrogens (tertiary/aromatic N) is 5. The van der Waals surface area contributed by atoms with Crippen LogP contribution in [0.4, 0.5) is 17.2 Å². The first-order valence-electron chi connectivity index (χ1n) is 13.6. The van der Waals surface area contributed by atoms with E-state index >= 15 is 0 Å². The average molecular weight is 586 g/mol. The van der Waals surface area contributed by atoms with Crippen LogP contribution in [0, 0.1) is 11.8 Å². The fourth-order valence-electron chi connectivity index (χ4n) is 4.49. The van der Waals surface area contributed by atoms with E-state index in [9.17, 15) is 4.79 Å². The highest BCUT2D eigenvalue weighted by molar-refractivity contribution is 6.32. The van der Waals surface area contributed by atoms with Crippen molar-refractivity contribution in [2.24, 2.45) is 0 Å². The minimum Gasteiger partial charge on any atom is -0.490 e. The van der Waals surface area contributed by atoms with Gasteiger partial charge >= 0.3 is 0 Å². The van der Waals surface area contributed by atoms with Crippen LogP contribution in [0.25, 0.3) is 10.9 Å². The Morgan fingerprint density at radius 3 is 2.64 bits per heavy atom. The zero-order chi connectivity index (χ0) is 29.3. The van der Waals surface area contributed by atoms with Crippen molar-refractivity contribution in [2.45, 2.75) is 13.5 Å². The van der Waals surface area contributed by atoms with Gasteiger partial charge in [0.1, 0.15) is 36.9 Å². The molecule has 1 amide bonds. The maximum Gasteiger partial charge on any atom is 0.300 e. The quantitative estimate of drug-likeness (QED) is 0.259. The van der Waals surface area contributed by atoms with Gasteiger partial charge in [0, 0.05) is 56.1 Å². The number of carbonyl (C=O) groups is 1. The summed E-state index contributed by atoms with van der Waals surface area (Å²) in [6.45, 7) is 7.24. The number of likely N-dealkylation sites (N-methyl/N-ethyl adjacent to an activating group) is 1. The van der Waals surface area contributed by atoms with E-state index < -0.39 is 5.91 Å². The third kappa shape index (κ3) is 7.64. The summed E-state index contributed by atoms with van der Waals surface area (Å²) in [5.41, 5.74) is 2.66. The minimum absolute atomic E-state index is 0.306. The minimum atomic E-state index is -0.430. The van der Waals surface area contributed by atoms with Gasteiger partial charge in [-0.2, -0.15) is 0 Å². The highest BCUT2D eigenvalue weighted by Gasteiger charge is 2.16. The van der Waals surface area contributed by atoms with E-state index in [4.69, 9.17) is 21.1 Å². The number of amides is 1. The van der Waals surface area contributed by atoms with Crippen LogP contribution in [0.5, 0.6) is 11.5 Å². The number of rotatable bonds is 10. The third-order valence-corrected chi connectivity index (χ3v) is 7.08. The van der Waals surface area contributed by atoms with Crippen molar-refractivity contribution in [2.75, 3.05) is 57.0 Å². The third-order valence-electron chi connectivity index (χ3n) is 6.78. The molecule has 1 fully saturated rings. The monoisotopic (exact) mass is 585 g/mol. The molecule has 11 heteroatoms. The van der Waals surface area contributed by atoms with Crippen LogP contribution in [0.15, 0.2) is 61.1 Å². The number of carbonyl (C=O) groups excluding carboxylic acids is 1. The lowest BCUT2D eigenvalue weighted by Gasteiger charge is -2.32. The van der Waals surface area contributed by atoms with Gasteiger partial charge in [0.05, 0.1) is 21.9 Å². The maximum absolute atomic E-state index is 12.4. The maximum atomic E-state index is 12.4. The second-order valence-electron chi connectivity index (χ2n) is 9.79. The molecule has 0 saturated carbocycles. The van der Waals surface area contributed by atoms with Crippen molar-refractivity contribution in [3.8, 4) is 23.3 Å². The van der Waals surface area contributed by atoms with Gasteiger partial charge in [0.2, 0.25) is 0 Å². The first kappa shape index (κ1) is 29.1. The molecule has 10 nitrogen and oxygen atoms in total. The molecule has 2 aromatic heterocycles. The van der Waals surface area contributed by atoms with Crippen LogP contribution in [0.1, 0.15) is 12.6 Å². The van der Waals surface area contributed by atoms with Crippen molar-refractivity contribution >= 4 is 45.6 Å². The highest BCUT2D eigenvalue weighted by atomic mass is 35.5. The Labute approximate surface area is 250 Å². The summed E-state index contributed by atoms with van der Waals surface area (Å²) in [5, 5.41) is 7.29. The highest BCUT2D eigenvalue weighted by Crippen LogP contribution is 2.35. The average Bonchev–Trinajstić information content (AvgIpc) is 2.99. The van der Waals surface area contributed by atoms with Crippen molar-refractivity contribution in [3.63, 3.8) is 0 Å². The number of fused-ring (bicyclic) bond motifs is 1. The lowest BCUT2D eigenvalue weighted by molar-refractivity contribution is -0.111. The van der Waals surface area contributed by atoms with Crippen LogP contribution < -0.4 is 20.1 Å². The van der Waals surface area contributed by atoms with Crippen LogP contribution >= 0.6 is 11.6 Å². The number of anilines is 3. The molecule has 2 aromatic carbocycles. The molecular weight excluding hydrogens is 554 g/mol. The first-order valence-corrected chi connectivity index (χ1v) is 14.0. The molecule has 0 unspecified atom stereocenters. The topological polar surface area (TPSA) is 105 Å². The predicted molar refractivity (Wildman–Crippen MR) is 164 cm³/mol. The molecular formula is C31H32ClN7O3. The molecule has 0 atom stereocenters. The number of hydrogen-bond donors (Lipinski definition) is 2. The Bertz CT molecular complexity index is 1600. The molecule has 0 spiro atoms. The van der Waals surface area contributed by atoms with Gasteiger partial charge < -0.3 is 25.0 Å². The van der Waals surface area contributed by atoms with Gasteiger partial charge in [-0.05, 0) is 56.3 Å². The van der Waals surface area contributed by atoms with Crippen LogP contribution in [-0.4, -0.2) is 77.0 Å². The fourth-order valence-corrected chi connectivity index (χ4v) is 4.73. The molecule has 1 saturated heterocycles. The predicted octanol–water partition coefficient (Wildman–Crippen LogP) is 4.59. The van der Waals surface area contributed by atoms with Gasteiger partial charge in [-0.25, -0.2) is 9.97 Å². The number of nitrogens with one attached hydrogen (secondary N) is 2. The standard InChI is InChI=1S/C31H32ClN7O3/c1-3-6-30(40)37-27-18-24-26(19-29(27)41-16-15-39-13-11-38(2)12-14-39)34-21-35-31(24)36-22-8-9-28(25(32)17-22)42-20-23-7-4-5-10-33-23/h4-5,7-10,17-19,21H,11-16,20H2,1-2H3,(H,37,40)(H,34,35,36). The van der Waals surface area contributed by atoms with Crippen molar-refractivity contribution < 1.29 is 14.3 Å². The molecule has 216 valence electrons. The molecule has 1 aliphatic rings. The number of hydrogen-bond acceptors (Lipinski definition) is 9. The van der Waals surface area contributed by atoms with E-state index in [0.29, 0.717) is 57.8 Å². The Morgan fingerprint density at radius 2 is 1.88 bits per heavy atom. The van der Waals surface area contributed by atoms with Crippen molar-refractivity contribution in [1.82, 2.24) is 24.8 Å². The van der Waals surface area contributed by atoms with E-state index in [0.717, 1.165) is 38.4 Å². The summed E-state index contributed by atoms with van der Waals surface area (Å²) >= 11 is 6.52. The number of piperazine rings is 1. The molecule has 0 aliphatic carbocycles. The number of halogens is 1. The second kappa shape index (κ2) is 14.0. The van der Waals surface area contributed by atoms with E-state index in [1.807, 2.05) is 30.3 Å². The van der Waals surface area contributed by atoms with Crippen LogP contribution in [0.2, 0.25) is 5.02 Å². The molecule has 1 aliphatic heterocycles. The first-order chi connectivity index (χ1) is 20.5. The molecule has 0 radical (unpaired) electrons. The zero-order valence-corrected chi connectivity index (χ0v) is 24.3. The van der Waals surface area contributed by atoms with Gasteiger partial charge in [-0.1, -0.05) is 23.6 Å². The largest absolute Gasteiger partial charge is 0.490 e.